The van der Waals surface area contributed by atoms with Crippen LogP contribution in [0.4, 0.5) is 5.69 Å². The molecule has 0 aliphatic rings. The normalized spacial score (nSPS) is 11.6. The van der Waals surface area contributed by atoms with Crippen LogP contribution >= 0.6 is 11.6 Å². The second-order valence-electron chi connectivity index (χ2n) is 6.54. The number of amides is 1. The standard InChI is InChI=1S/C21H18ClN3O6/c1-10(26)17(18-20(28)24-14-8-11(22)4-6-13(14)23-18)19(27)21(29)25-15-9-12(30-2)5-7-16(15)31-3/h4-9,17H,1-3H3,(H,24,28)(H,25,29). The lowest BCUT2D eigenvalue weighted by Gasteiger charge is -2.14. The molecule has 0 spiro atoms. The van der Waals surface area contributed by atoms with Gasteiger partial charge in [-0.2, -0.15) is 0 Å². The number of aromatic nitrogens is 2. The molecule has 3 aromatic rings. The first-order valence-corrected chi connectivity index (χ1v) is 9.40. The Balaban J connectivity index is 1.98. The lowest BCUT2D eigenvalue weighted by Crippen LogP contribution is -2.35. The summed E-state index contributed by atoms with van der Waals surface area (Å²) in [4.78, 5) is 57.0. The summed E-state index contributed by atoms with van der Waals surface area (Å²) in [6.07, 6.45) is 0. The highest BCUT2D eigenvalue weighted by Crippen LogP contribution is 2.29. The number of anilines is 1. The third kappa shape index (κ3) is 4.56. The van der Waals surface area contributed by atoms with E-state index in [2.05, 4.69) is 15.3 Å². The Morgan fingerprint density at radius 1 is 1.10 bits per heavy atom. The van der Waals surface area contributed by atoms with Gasteiger partial charge >= 0.3 is 0 Å². The summed E-state index contributed by atoms with van der Waals surface area (Å²) in [6, 6.07) is 9.17. The summed E-state index contributed by atoms with van der Waals surface area (Å²) in [5, 5.41) is 2.78. The molecule has 0 saturated heterocycles. The maximum absolute atomic E-state index is 12.9. The van der Waals surface area contributed by atoms with Gasteiger partial charge in [-0.1, -0.05) is 11.6 Å². The Hall–Kier alpha value is -3.72. The number of aromatic amines is 1. The minimum Gasteiger partial charge on any atom is -0.497 e. The quantitative estimate of drug-likeness (QED) is 0.424. The summed E-state index contributed by atoms with van der Waals surface area (Å²) in [5.74, 6) is -3.94. The molecular formula is C21H18ClN3O6. The number of ketones is 2. The van der Waals surface area contributed by atoms with Crippen molar-refractivity contribution < 1.29 is 23.9 Å². The molecule has 0 aliphatic heterocycles. The van der Waals surface area contributed by atoms with Crippen molar-refractivity contribution in [2.24, 2.45) is 0 Å². The van der Waals surface area contributed by atoms with Crippen molar-refractivity contribution in [1.82, 2.24) is 9.97 Å². The first-order valence-electron chi connectivity index (χ1n) is 9.02. The molecule has 2 N–H and O–H groups in total. The Morgan fingerprint density at radius 3 is 2.48 bits per heavy atom. The first-order chi connectivity index (χ1) is 14.7. The van der Waals surface area contributed by atoms with Crippen LogP contribution in [0.25, 0.3) is 11.0 Å². The zero-order valence-corrected chi connectivity index (χ0v) is 17.6. The molecule has 10 heteroatoms. The highest BCUT2D eigenvalue weighted by atomic mass is 35.5. The fourth-order valence-electron chi connectivity index (χ4n) is 3.00. The van der Waals surface area contributed by atoms with Crippen LogP contribution in [0.5, 0.6) is 11.5 Å². The summed E-state index contributed by atoms with van der Waals surface area (Å²) >= 11 is 5.91. The number of hydrogen-bond donors (Lipinski definition) is 2. The lowest BCUT2D eigenvalue weighted by atomic mass is 9.95. The van der Waals surface area contributed by atoms with Gasteiger partial charge in [0, 0.05) is 11.1 Å². The Bertz CT molecular complexity index is 1250. The molecule has 1 unspecified atom stereocenters. The number of nitrogens with zero attached hydrogens (tertiary/aromatic N) is 1. The van der Waals surface area contributed by atoms with Crippen LogP contribution in [-0.2, 0) is 14.4 Å². The van der Waals surface area contributed by atoms with Gasteiger partial charge in [0.25, 0.3) is 11.5 Å². The van der Waals surface area contributed by atoms with Gasteiger partial charge in [0.2, 0.25) is 5.78 Å². The van der Waals surface area contributed by atoms with Gasteiger partial charge in [-0.3, -0.25) is 19.2 Å². The van der Waals surface area contributed by atoms with E-state index in [1.807, 2.05) is 0 Å². The zero-order valence-electron chi connectivity index (χ0n) is 16.8. The number of methoxy groups -OCH3 is 2. The van der Waals surface area contributed by atoms with Crippen molar-refractivity contribution in [3.63, 3.8) is 0 Å². The molecule has 2 aromatic carbocycles. The number of nitrogens with one attached hydrogen (secondary N) is 2. The van der Waals surface area contributed by atoms with Crippen LogP contribution in [0.1, 0.15) is 18.5 Å². The highest BCUT2D eigenvalue weighted by molar-refractivity contribution is 6.46. The van der Waals surface area contributed by atoms with E-state index in [9.17, 15) is 19.2 Å². The monoisotopic (exact) mass is 443 g/mol. The van der Waals surface area contributed by atoms with E-state index in [0.717, 1.165) is 6.92 Å². The SMILES string of the molecule is COc1ccc(OC)c(NC(=O)C(=O)C(C(C)=O)c2nc3ccc(Cl)cc3[nH]c2=O)c1. The predicted octanol–water partition coefficient (Wildman–Crippen LogP) is 2.47. The molecule has 0 fully saturated rings. The zero-order chi connectivity index (χ0) is 22.7. The first kappa shape index (κ1) is 22.0. The fraction of sp³-hybridized carbons (Fsp3) is 0.190. The van der Waals surface area contributed by atoms with Gasteiger partial charge in [-0.25, -0.2) is 4.98 Å². The van der Waals surface area contributed by atoms with Crippen LogP contribution in [0.3, 0.4) is 0 Å². The van der Waals surface area contributed by atoms with Gasteiger partial charge in [0.05, 0.1) is 30.9 Å². The molecule has 0 aliphatic carbocycles. The average Bonchev–Trinajstić information content (AvgIpc) is 2.73. The molecule has 0 radical (unpaired) electrons. The minimum absolute atomic E-state index is 0.164. The third-order valence-electron chi connectivity index (χ3n) is 4.50. The van der Waals surface area contributed by atoms with E-state index in [-0.39, 0.29) is 17.1 Å². The molecule has 9 nitrogen and oxygen atoms in total. The van der Waals surface area contributed by atoms with E-state index in [0.29, 0.717) is 21.8 Å². The molecule has 0 saturated carbocycles. The van der Waals surface area contributed by atoms with Crippen molar-refractivity contribution in [2.75, 3.05) is 19.5 Å². The molecule has 160 valence electrons. The van der Waals surface area contributed by atoms with Crippen molar-refractivity contribution >= 4 is 45.8 Å². The largest absolute Gasteiger partial charge is 0.497 e. The summed E-state index contributed by atoms with van der Waals surface area (Å²) < 4.78 is 10.3. The number of carbonyl (C=O) groups is 3. The Morgan fingerprint density at radius 2 is 1.84 bits per heavy atom. The van der Waals surface area contributed by atoms with Crippen LogP contribution in [0, 0.1) is 0 Å². The molecule has 0 bridgehead atoms. The lowest BCUT2D eigenvalue weighted by molar-refractivity contribution is -0.138. The molecule has 1 heterocycles. The summed E-state index contributed by atoms with van der Waals surface area (Å²) in [7, 11) is 2.83. The van der Waals surface area contributed by atoms with E-state index in [4.69, 9.17) is 21.1 Å². The van der Waals surface area contributed by atoms with Crippen LogP contribution in [-0.4, -0.2) is 41.7 Å². The number of Topliss-reactive ketones (excluding diaryl/α,β-unsaturated/α-hetero) is 2. The number of hydrogen-bond acceptors (Lipinski definition) is 7. The average molecular weight is 444 g/mol. The molecule has 1 aromatic heterocycles. The van der Waals surface area contributed by atoms with E-state index >= 15 is 0 Å². The summed E-state index contributed by atoms with van der Waals surface area (Å²) in [5.41, 5.74) is -0.331. The number of fused-ring (bicyclic) bond motifs is 1. The van der Waals surface area contributed by atoms with Crippen LogP contribution in [0.2, 0.25) is 5.02 Å². The number of carbonyl (C=O) groups excluding carboxylic acids is 3. The number of ether oxygens (including phenoxy) is 2. The van der Waals surface area contributed by atoms with Crippen molar-refractivity contribution in [2.45, 2.75) is 12.8 Å². The van der Waals surface area contributed by atoms with E-state index in [1.54, 1.807) is 18.2 Å². The smallest absolute Gasteiger partial charge is 0.293 e. The second kappa shape index (κ2) is 8.97. The minimum atomic E-state index is -1.68. The number of halogens is 1. The number of benzene rings is 2. The molecule has 31 heavy (non-hydrogen) atoms. The van der Waals surface area contributed by atoms with Crippen LogP contribution in [0.15, 0.2) is 41.2 Å². The van der Waals surface area contributed by atoms with Crippen molar-refractivity contribution in [3.05, 3.63) is 57.5 Å². The summed E-state index contributed by atoms with van der Waals surface area (Å²) in [6.45, 7) is 1.11. The van der Waals surface area contributed by atoms with Gasteiger partial charge in [-0.15, -0.1) is 0 Å². The van der Waals surface area contributed by atoms with Crippen LogP contribution < -0.4 is 20.3 Å². The molecule has 3 rings (SSSR count). The third-order valence-corrected chi connectivity index (χ3v) is 4.74. The maximum Gasteiger partial charge on any atom is 0.293 e. The van der Waals surface area contributed by atoms with E-state index in [1.165, 1.54) is 32.4 Å². The Kier molecular flexibility index (Phi) is 6.36. The number of H-pyrrole nitrogens is 1. The molecular weight excluding hydrogens is 426 g/mol. The highest BCUT2D eigenvalue weighted by Gasteiger charge is 2.34. The van der Waals surface area contributed by atoms with E-state index < -0.39 is 29.0 Å². The Labute approximate surface area is 181 Å². The van der Waals surface area contributed by atoms with Crippen molar-refractivity contribution in [3.8, 4) is 11.5 Å². The predicted molar refractivity (Wildman–Crippen MR) is 114 cm³/mol. The van der Waals surface area contributed by atoms with Gasteiger partial charge in [0.1, 0.15) is 28.9 Å². The molecule has 1 atom stereocenters. The fourth-order valence-corrected chi connectivity index (χ4v) is 3.17. The topological polar surface area (TPSA) is 127 Å². The van der Waals surface area contributed by atoms with Gasteiger partial charge < -0.3 is 19.8 Å². The second-order valence-corrected chi connectivity index (χ2v) is 6.98. The number of rotatable bonds is 7. The maximum atomic E-state index is 12.9. The molecule has 1 amide bonds. The van der Waals surface area contributed by atoms with Crippen molar-refractivity contribution in [1.29, 1.82) is 0 Å². The van der Waals surface area contributed by atoms with Gasteiger partial charge in [0.15, 0.2) is 0 Å². The van der Waals surface area contributed by atoms with Gasteiger partial charge in [-0.05, 0) is 37.3 Å².